The first-order chi connectivity index (χ1) is 13.8. The van der Waals surface area contributed by atoms with Crippen molar-refractivity contribution >= 4 is 5.78 Å². The second-order valence-corrected chi connectivity index (χ2v) is 12.4. The number of ketones is 1. The molecule has 1 heteroatoms. The molecule has 0 aromatic rings. The number of fused-ring (bicyclic) bond motifs is 5. The van der Waals surface area contributed by atoms with E-state index in [1.807, 2.05) is 0 Å². The van der Waals surface area contributed by atoms with E-state index in [9.17, 15) is 4.79 Å². The van der Waals surface area contributed by atoms with Crippen LogP contribution in [0.1, 0.15) is 118 Å². The Kier molecular flexibility index (Phi) is 6.27. The van der Waals surface area contributed by atoms with Crippen LogP contribution in [0.25, 0.3) is 0 Å². The van der Waals surface area contributed by atoms with Crippen LogP contribution in [0.15, 0.2) is 0 Å². The standard InChI is InChI=1S/C28H48O/c1-6-19(2)26(29)15-10-20(3)23-13-14-24-22-12-11-21-9-7-8-17-27(21,4)25(22)16-18-28(23,24)5/h19-25H,6-18H2,1-5H3/t19?,20-,21?,22+,23-,24+,25+,27+,28-/m1/s1. The van der Waals surface area contributed by atoms with E-state index in [1.165, 1.54) is 64.2 Å². The third kappa shape index (κ3) is 3.65. The van der Waals surface area contributed by atoms with E-state index in [4.69, 9.17) is 0 Å². The van der Waals surface area contributed by atoms with Gasteiger partial charge in [-0.1, -0.05) is 47.5 Å². The largest absolute Gasteiger partial charge is 0.299 e. The van der Waals surface area contributed by atoms with Crippen LogP contribution in [0, 0.1) is 52.3 Å². The van der Waals surface area contributed by atoms with Crippen molar-refractivity contribution in [3.05, 3.63) is 0 Å². The summed E-state index contributed by atoms with van der Waals surface area (Å²) in [6, 6.07) is 0. The summed E-state index contributed by atoms with van der Waals surface area (Å²) in [5.74, 6) is 6.37. The van der Waals surface area contributed by atoms with Crippen molar-refractivity contribution in [1.29, 1.82) is 0 Å². The van der Waals surface area contributed by atoms with E-state index in [-0.39, 0.29) is 5.92 Å². The smallest absolute Gasteiger partial charge is 0.135 e. The van der Waals surface area contributed by atoms with Crippen molar-refractivity contribution < 1.29 is 4.79 Å². The third-order valence-corrected chi connectivity index (χ3v) is 11.4. The summed E-state index contributed by atoms with van der Waals surface area (Å²) in [6.07, 6.45) is 17.9. The molecule has 4 aliphatic rings. The minimum Gasteiger partial charge on any atom is -0.299 e. The maximum Gasteiger partial charge on any atom is 0.135 e. The lowest BCUT2D eigenvalue weighted by molar-refractivity contribution is -0.123. The maximum absolute atomic E-state index is 12.4. The summed E-state index contributed by atoms with van der Waals surface area (Å²) in [5, 5.41) is 0. The van der Waals surface area contributed by atoms with Crippen molar-refractivity contribution in [3.63, 3.8) is 0 Å². The minimum atomic E-state index is 0.260. The molecule has 0 radical (unpaired) electrons. The van der Waals surface area contributed by atoms with Crippen molar-refractivity contribution in [2.75, 3.05) is 0 Å². The zero-order valence-electron chi connectivity index (χ0n) is 20.1. The summed E-state index contributed by atoms with van der Waals surface area (Å²) in [7, 11) is 0. The number of Topliss-reactive ketones (excluding diaryl/α,β-unsaturated/α-hetero) is 1. The van der Waals surface area contributed by atoms with Gasteiger partial charge in [0.15, 0.2) is 0 Å². The van der Waals surface area contributed by atoms with E-state index in [0.29, 0.717) is 16.6 Å². The van der Waals surface area contributed by atoms with E-state index in [2.05, 4.69) is 34.6 Å². The molecule has 0 bridgehead atoms. The topological polar surface area (TPSA) is 17.1 Å². The Bertz CT molecular complexity index is 595. The number of carbonyl (C=O) groups is 1. The van der Waals surface area contributed by atoms with Crippen LogP contribution in [-0.4, -0.2) is 5.78 Å². The highest BCUT2D eigenvalue weighted by atomic mass is 16.1. The zero-order valence-corrected chi connectivity index (χ0v) is 20.1. The SMILES string of the molecule is CCC(C)C(=O)CC[C@@H](C)[C@H]1CC[C@H]2[C@@H]3CCC4CCCC[C@]4(C)[C@H]3CC[C@]12C. The fourth-order valence-corrected chi connectivity index (χ4v) is 9.32. The highest BCUT2D eigenvalue weighted by Crippen LogP contribution is 2.68. The van der Waals surface area contributed by atoms with E-state index in [1.54, 1.807) is 0 Å². The third-order valence-electron chi connectivity index (χ3n) is 11.4. The molecule has 1 nitrogen and oxygen atoms in total. The molecule has 0 heterocycles. The highest BCUT2D eigenvalue weighted by Gasteiger charge is 2.60. The van der Waals surface area contributed by atoms with Gasteiger partial charge in [-0.2, -0.15) is 0 Å². The fraction of sp³-hybridized carbons (Fsp3) is 0.964. The summed E-state index contributed by atoms with van der Waals surface area (Å²) in [6.45, 7) is 12.1. The Morgan fingerprint density at radius 3 is 2.41 bits per heavy atom. The number of hydrogen-bond acceptors (Lipinski definition) is 1. The highest BCUT2D eigenvalue weighted by molar-refractivity contribution is 5.80. The molecule has 29 heavy (non-hydrogen) atoms. The lowest BCUT2D eigenvalue weighted by Crippen LogP contribution is -2.53. The molecule has 2 unspecified atom stereocenters. The van der Waals surface area contributed by atoms with Gasteiger partial charge < -0.3 is 0 Å². The molecule has 0 aromatic heterocycles. The van der Waals surface area contributed by atoms with Crippen molar-refractivity contribution in [2.45, 2.75) is 118 Å². The number of hydrogen-bond donors (Lipinski definition) is 0. The van der Waals surface area contributed by atoms with Gasteiger partial charge in [-0.05, 0) is 111 Å². The van der Waals surface area contributed by atoms with Gasteiger partial charge in [0.2, 0.25) is 0 Å². The molecule has 0 N–H and O–H groups in total. The van der Waals surface area contributed by atoms with Crippen LogP contribution in [0.5, 0.6) is 0 Å². The first-order valence-corrected chi connectivity index (χ1v) is 13.3. The van der Waals surface area contributed by atoms with Gasteiger partial charge in [-0.3, -0.25) is 4.79 Å². The first kappa shape index (κ1) is 21.9. The van der Waals surface area contributed by atoms with Crippen LogP contribution >= 0.6 is 0 Å². The molecule has 4 saturated carbocycles. The Hall–Kier alpha value is -0.330. The molecule has 0 amide bonds. The summed E-state index contributed by atoms with van der Waals surface area (Å²) in [5.41, 5.74) is 1.22. The van der Waals surface area contributed by atoms with Crippen LogP contribution in [-0.2, 0) is 4.79 Å². The molecule has 9 atom stereocenters. The Balaban J connectivity index is 1.44. The second kappa shape index (κ2) is 8.31. The quantitative estimate of drug-likeness (QED) is 0.440. The predicted molar refractivity (Wildman–Crippen MR) is 123 cm³/mol. The molecule has 0 saturated heterocycles. The van der Waals surface area contributed by atoms with Gasteiger partial charge >= 0.3 is 0 Å². The normalized spacial score (nSPS) is 46.3. The van der Waals surface area contributed by atoms with Crippen molar-refractivity contribution in [1.82, 2.24) is 0 Å². The molecular weight excluding hydrogens is 352 g/mol. The molecule has 166 valence electrons. The zero-order chi connectivity index (χ0) is 20.8. The average molecular weight is 401 g/mol. The molecule has 4 rings (SSSR count). The number of rotatable bonds is 6. The van der Waals surface area contributed by atoms with E-state index in [0.717, 1.165) is 54.8 Å². The second-order valence-electron chi connectivity index (χ2n) is 12.4. The molecule has 0 aliphatic heterocycles. The monoisotopic (exact) mass is 400 g/mol. The van der Waals surface area contributed by atoms with Crippen LogP contribution in [0.2, 0.25) is 0 Å². The predicted octanol–water partition coefficient (Wildman–Crippen LogP) is 8.07. The lowest BCUT2D eigenvalue weighted by Gasteiger charge is -2.61. The van der Waals surface area contributed by atoms with Crippen LogP contribution in [0.3, 0.4) is 0 Å². The molecule has 0 spiro atoms. The maximum atomic E-state index is 12.4. The molecule has 4 aliphatic carbocycles. The average Bonchev–Trinajstić information content (AvgIpc) is 3.08. The molecule has 4 fully saturated rings. The number of carbonyl (C=O) groups excluding carboxylic acids is 1. The molecular formula is C28H48O. The minimum absolute atomic E-state index is 0.260. The van der Waals surface area contributed by atoms with Gasteiger partial charge in [0.25, 0.3) is 0 Å². The Morgan fingerprint density at radius 2 is 1.66 bits per heavy atom. The van der Waals surface area contributed by atoms with Crippen LogP contribution < -0.4 is 0 Å². The summed E-state index contributed by atoms with van der Waals surface area (Å²) in [4.78, 5) is 12.4. The van der Waals surface area contributed by atoms with Crippen LogP contribution in [0.4, 0.5) is 0 Å². The Morgan fingerprint density at radius 1 is 0.897 bits per heavy atom. The van der Waals surface area contributed by atoms with Gasteiger partial charge in [0.05, 0.1) is 0 Å². The van der Waals surface area contributed by atoms with Gasteiger partial charge in [-0.25, -0.2) is 0 Å². The van der Waals surface area contributed by atoms with E-state index >= 15 is 0 Å². The summed E-state index contributed by atoms with van der Waals surface area (Å²) >= 11 is 0. The fourth-order valence-electron chi connectivity index (χ4n) is 9.32. The molecule has 0 aromatic carbocycles. The Labute approximate surface area is 181 Å². The van der Waals surface area contributed by atoms with Crippen molar-refractivity contribution in [3.8, 4) is 0 Å². The first-order valence-electron chi connectivity index (χ1n) is 13.3. The van der Waals surface area contributed by atoms with Gasteiger partial charge in [0.1, 0.15) is 5.78 Å². The van der Waals surface area contributed by atoms with E-state index < -0.39 is 0 Å². The van der Waals surface area contributed by atoms with Gasteiger partial charge in [0, 0.05) is 12.3 Å². The summed E-state index contributed by atoms with van der Waals surface area (Å²) < 4.78 is 0. The lowest BCUT2D eigenvalue weighted by atomic mass is 9.44. The van der Waals surface area contributed by atoms with Gasteiger partial charge in [-0.15, -0.1) is 0 Å². The van der Waals surface area contributed by atoms with Crippen molar-refractivity contribution in [2.24, 2.45) is 52.3 Å².